The molecule has 0 amide bonds. The van der Waals surface area contributed by atoms with Crippen molar-refractivity contribution in [2.75, 3.05) is 13.1 Å². The van der Waals surface area contributed by atoms with Crippen molar-refractivity contribution < 1.29 is 0 Å². The van der Waals surface area contributed by atoms with Gasteiger partial charge >= 0.3 is 0 Å². The SMILES string of the molecule is Cc1ccc2ccc(C3CNC3)nc2c1. The largest absolute Gasteiger partial charge is 0.315 e. The van der Waals surface area contributed by atoms with Crippen LogP contribution in [0.2, 0.25) is 0 Å². The van der Waals surface area contributed by atoms with E-state index in [9.17, 15) is 0 Å². The van der Waals surface area contributed by atoms with Crippen LogP contribution in [-0.4, -0.2) is 18.1 Å². The highest BCUT2D eigenvalue weighted by atomic mass is 15.0. The Morgan fingerprint density at radius 2 is 2.00 bits per heavy atom. The van der Waals surface area contributed by atoms with Gasteiger partial charge < -0.3 is 5.32 Å². The maximum absolute atomic E-state index is 4.72. The van der Waals surface area contributed by atoms with Gasteiger partial charge in [0, 0.05) is 30.1 Å². The molecule has 3 rings (SSSR count). The second-order valence-corrected chi connectivity index (χ2v) is 4.29. The van der Waals surface area contributed by atoms with E-state index in [1.165, 1.54) is 16.6 Å². The van der Waals surface area contributed by atoms with Crippen LogP contribution in [0.4, 0.5) is 0 Å². The minimum atomic E-state index is 0.620. The Bertz CT molecular complexity index is 501. The number of nitrogens with zero attached hydrogens (tertiary/aromatic N) is 1. The molecule has 1 aromatic carbocycles. The lowest BCUT2D eigenvalue weighted by molar-refractivity contribution is 0.441. The molecule has 15 heavy (non-hydrogen) atoms. The molecule has 0 unspecified atom stereocenters. The van der Waals surface area contributed by atoms with Crippen LogP contribution < -0.4 is 5.32 Å². The number of nitrogens with one attached hydrogen (secondary N) is 1. The second kappa shape index (κ2) is 3.31. The fourth-order valence-corrected chi connectivity index (χ4v) is 1.97. The van der Waals surface area contributed by atoms with E-state index in [2.05, 4.69) is 42.6 Å². The Hall–Kier alpha value is -1.41. The first-order valence-corrected chi connectivity index (χ1v) is 5.41. The van der Waals surface area contributed by atoms with Crippen LogP contribution in [0.15, 0.2) is 30.3 Å². The fraction of sp³-hybridized carbons (Fsp3) is 0.308. The van der Waals surface area contributed by atoms with Crippen molar-refractivity contribution in [3.8, 4) is 0 Å². The van der Waals surface area contributed by atoms with E-state index in [0.29, 0.717) is 5.92 Å². The normalized spacial score (nSPS) is 16.6. The average Bonchev–Trinajstić information content (AvgIpc) is 2.14. The van der Waals surface area contributed by atoms with Crippen LogP contribution in [0.3, 0.4) is 0 Å². The highest BCUT2D eigenvalue weighted by Crippen LogP contribution is 2.21. The lowest BCUT2D eigenvalue weighted by Gasteiger charge is -2.26. The van der Waals surface area contributed by atoms with Gasteiger partial charge in [0.25, 0.3) is 0 Å². The van der Waals surface area contributed by atoms with Gasteiger partial charge in [-0.3, -0.25) is 4.98 Å². The molecule has 0 saturated carbocycles. The molecule has 0 spiro atoms. The van der Waals surface area contributed by atoms with Gasteiger partial charge in [0.1, 0.15) is 0 Å². The number of fused-ring (bicyclic) bond motifs is 1. The van der Waals surface area contributed by atoms with E-state index < -0.39 is 0 Å². The van der Waals surface area contributed by atoms with Gasteiger partial charge in [-0.15, -0.1) is 0 Å². The third kappa shape index (κ3) is 1.51. The van der Waals surface area contributed by atoms with E-state index in [-0.39, 0.29) is 0 Å². The van der Waals surface area contributed by atoms with Crippen molar-refractivity contribution in [1.29, 1.82) is 0 Å². The Labute approximate surface area is 89.3 Å². The summed E-state index contributed by atoms with van der Waals surface area (Å²) >= 11 is 0. The maximum atomic E-state index is 4.72. The molecule has 1 aliphatic heterocycles. The van der Waals surface area contributed by atoms with Crippen molar-refractivity contribution in [3.05, 3.63) is 41.6 Å². The predicted molar refractivity (Wildman–Crippen MR) is 62.1 cm³/mol. The van der Waals surface area contributed by atoms with Crippen LogP contribution in [-0.2, 0) is 0 Å². The number of aryl methyl sites for hydroxylation is 1. The highest BCUT2D eigenvalue weighted by Gasteiger charge is 2.19. The van der Waals surface area contributed by atoms with Crippen LogP contribution in [0.25, 0.3) is 10.9 Å². The van der Waals surface area contributed by atoms with Gasteiger partial charge in [0.15, 0.2) is 0 Å². The van der Waals surface area contributed by atoms with Crippen LogP contribution >= 0.6 is 0 Å². The molecule has 0 atom stereocenters. The van der Waals surface area contributed by atoms with E-state index >= 15 is 0 Å². The number of benzene rings is 1. The topological polar surface area (TPSA) is 24.9 Å². The lowest BCUT2D eigenvalue weighted by atomic mass is 9.98. The summed E-state index contributed by atoms with van der Waals surface area (Å²) in [6.07, 6.45) is 0. The molecule has 0 bridgehead atoms. The molecule has 1 N–H and O–H groups in total. The number of aromatic nitrogens is 1. The van der Waals surface area contributed by atoms with E-state index in [4.69, 9.17) is 4.98 Å². The van der Waals surface area contributed by atoms with Gasteiger partial charge in [-0.2, -0.15) is 0 Å². The summed E-state index contributed by atoms with van der Waals surface area (Å²) in [4.78, 5) is 4.72. The minimum Gasteiger partial charge on any atom is -0.315 e. The molecule has 1 aliphatic rings. The zero-order valence-corrected chi connectivity index (χ0v) is 8.83. The molecule has 1 aromatic heterocycles. The zero-order valence-electron chi connectivity index (χ0n) is 8.83. The van der Waals surface area contributed by atoms with Gasteiger partial charge in [-0.25, -0.2) is 0 Å². The molecular formula is C13H14N2. The van der Waals surface area contributed by atoms with Crippen LogP contribution in [0, 0.1) is 6.92 Å². The standard InChI is InChI=1S/C13H14N2/c1-9-2-3-10-4-5-12(11-7-14-8-11)15-13(10)6-9/h2-6,11,14H,7-8H2,1H3. The number of pyridine rings is 1. The second-order valence-electron chi connectivity index (χ2n) is 4.29. The number of hydrogen-bond acceptors (Lipinski definition) is 2. The maximum Gasteiger partial charge on any atom is 0.0708 e. The molecule has 76 valence electrons. The quantitative estimate of drug-likeness (QED) is 0.760. The first-order chi connectivity index (χ1) is 7.33. The Morgan fingerprint density at radius 3 is 2.73 bits per heavy atom. The summed E-state index contributed by atoms with van der Waals surface area (Å²) in [6, 6.07) is 10.8. The Morgan fingerprint density at radius 1 is 1.20 bits per heavy atom. The molecule has 1 fully saturated rings. The van der Waals surface area contributed by atoms with E-state index in [1.54, 1.807) is 0 Å². The Balaban J connectivity index is 2.11. The first-order valence-electron chi connectivity index (χ1n) is 5.41. The predicted octanol–water partition coefficient (Wildman–Crippen LogP) is 2.23. The van der Waals surface area contributed by atoms with Crippen molar-refractivity contribution >= 4 is 10.9 Å². The summed E-state index contributed by atoms with van der Waals surface area (Å²) < 4.78 is 0. The highest BCUT2D eigenvalue weighted by molar-refractivity contribution is 5.79. The van der Waals surface area contributed by atoms with Gasteiger partial charge in [-0.1, -0.05) is 18.2 Å². The average molecular weight is 198 g/mol. The smallest absolute Gasteiger partial charge is 0.0708 e. The monoisotopic (exact) mass is 198 g/mol. The number of hydrogen-bond donors (Lipinski definition) is 1. The molecular weight excluding hydrogens is 184 g/mol. The van der Waals surface area contributed by atoms with E-state index in [1.807, 2.05) is 0 Å². The van der Waals surface area contributed by atoms with Crippen molar-refractivity contribution in [1.82, 2.24) is 10.3 Å². The molecule has 2 aromatic rings. The summed E-state index contributed by atoms with van der Waals surface area (Å²) in [5, 5.41) is 4.51. The molecule has 1 saturated heterocycles. The molecule has 2 heterocycles. The third-order valence-corrected chi connectivity index (χ3v) is 3.07. The van der Waals surface area contributed by atoms with Crippen molar-refractivity contribution in [2.45, 2.75) is 12.8 Å². The van der Waals surface area contributed by atoms with E-state index in [0.717, 1.165) is 18.6 Å². The summed E-state index contributed by atoms with van der Waals surface area (Å²) in [5.41, 5.74) is 3.63. The van der Waals surface area contributed by atoms with Gasteiger partial charge in [0.05, 0.1) is 5.52 Å². The fourth-order valence-electron chi connectivity index (χ4n) is 1.97. The molecule has 2 heteroatoms. The van der Waals surface area contributed by atoms with Crippen molar-refractivity contribution in [2.24, 2.45) is 0 Å². The minimum absolute atomic E-state index is 0.620. The van der Waals surface area contributed by atoms with Gasteiger partial charge in [-0.05, 0) is 24.6 Å². The Kier molecular flexibility index (Phi) is 1.96. The summed E-state index contributed by atoms with van der Waals surface area (Å²) in [7, 11) is 0. The first kappa shape index (κ1) is 8.86. The zero-order chi connectivity index (χ0) is 10.3. The third-order valence-electron chi connectivity index (χ3n) is 3.07. The molecule has 0 radical (unpaired) electrons. The summed E-state index contributed by atoms with van der Waals surface area (Å²) in [6.45, 7) is 4.26. The van der Waals surface area contributed by atoms with Crippen LogP contribution in [0.1, 0.15) is 17.2 Å². The molecule has 0 aliphatic carbocycles. The molecule has 2 nitrogen and oxygen atoms in total. The van der Waals surface area contributed by atoms with Gasteiger partial charge in [0.2, 0.25) is 0 Å². The van der Waals surface area contributed by atoms with Crippen molar-refractivity contribution in [3.63, 3.8) is 0 Å². The number of rotatable bonds is 1. The summed E-state index contributed by atoms with van der Waals surface area (Å²) in [5.74, 6) is 0.620. The van der Waals surface area contributed by atoms with Crippen LogP contribution in [0.5, 0.6) is 0 Å². The lowest BCUT2D eigenvalue weighted by Crippen LogP contribution is -2.40.